The fraction of sp³-hybridized carbons (Fsp3) is 0.417. The van der Waals surface area contributed by atoms with E-state index in [1.165, 1.54) is 11.3 Å². The number of hydrogen-bond donors (Lipinski definition) is 1. The Balaban J connectivity index is 1.98. The van der Waals surface area contributed by atoms with Gasteiger partial charge in [0, 0.05) is 12.7 Å². The standard InChI is InChI=1S/C12H13N3O2S/c16-11(17)9-5-1-2-7-15(9)12-14-8-4-3-6-13-10(8)18-12/h3-4,6,9H,1-2,5,7H2,(H,16,17)/t9-/m0/s1. The average molecular weight is 263 g/mol. The SMILES string of the molecule is O=C(O)[C@@H]1CCCCN1c1nc2cccnc2s1. The molecule has 1 aliphatic rings. The van der Waals surface area contributed by atoms with Crippen molar-refractivity contribution in [2.45, 2.75) is 25.3 Å². The summed E-state index contributed by atoms with van der Waals surface area (Å²) in [5.41, 5.74) is 0.840. The smallest absolute Gasteiger partial charge is 0.326 e. The maximum absolute atomic E-state index is 11.3. The molecule has 2 aromatic heterocycles. The van der Waals surface area contributed by atoms with E-state index in [1.807, 2.05) is 17.0 Å². The average Bonchev–Trinajstić information content (AvgIpc) is 2.82. The van der Waals surface area contributed by atoms with E-state index >= 15 is 0 Å². The Morgan fingerprint density at radius 2 is 2.39 bits per heavy atom. The van der Waals surface area contributed by atoms with Crippen molar-refractivity contribution < 1.29 is 9.90 Å². The molecule has 1 saturated heterocycles. The number of thiazole rings is 1. The zero-order valence-corrected chi connectivity index (χ0v) is 10.6. The summed E-state index contributed by atoms with van der Waals surface area (Å²) in [7, 11) is 0. The van der Waals surface area contributed by atoms with E-state index < -0.39 is 12.0 Å². The normalized spacial score (nSPS) is 20.2. The summed E-state index contributed by atoms with van der Waals surface area (Å²) in [5.74, 6) is -0.762. The van der Waals surface area contributed by atoms with E-state index in [1.54, 1.807) is 6.20 Å². The van der Waals surface area contributed by atoms with E-state index in [-0.39, 0.29) is 0 Å². The van der Waals surface area contributed by atoms with Crippen molar-refractivity contribution in [1.29, 1.82) is 0 Å². The van der Waals surface area contributed by atoms with Crippen LogP contribution in [0.5, 0.6) is 0 Å². The molecular weight excluding hydrogens is 250 g/mol. The molecule has 3 rings (SSSR count). The Labute approximate surface area is 108 Å². The Hall–Kier alpha value is -1.69. The molecule has 18 heavy (non-hydrogen) atoms. The molecule has 0 saturated carbocycles. The summed E-state index contributed by atoms with van der Waals surface area (Å²) < 4.78 is 0. The van der Waals surface area contributed by atoms with Crippen molar-refractivity contribution in [3.8, 4) is 0 Å². The first kappa shape index (κ1) is 11.4. The van der Waals surface area contributed by atoms with Gasteiger partial charge in [-0.1, -0.05) is 11.3 Å². The molecule has 0 aliphatic carbocycles. The Morgan fingerprint density at radius 3 is 3.17 bits per heavy atom. The van der Waals surface area contributed by atoms with Gasteiger partial charge in [-0.2, -0.15) is 0 Å². The van der Waals surface area contributed by atoms with Crippen LogP contribution in [0.15, 0.2) is 18.3 Å². The van der Waals surface area contributed by atoms with Gasteiger partial charge in [-0.3, -0.25) is 0 Å². The van der Waals surface area contributed by atoms with E-state index in [0.717, 1.165) is 34.9 Å². The molecule has 5 nitrogen and oxygen atoms in total. The lowest BCUT2D eigenvalue weighted by atomic mass is 10.0. The third kappa shape index (κ3) is 1.92. The highest BCUT2D eigenvalue weighted by Crippen LogP contribution is 2.31. The number of carboxylic acid groups (broad SMARTS) is 1. The number of fused-ring (bicyclic) bond motifs is 1. The summed E-state index contributed by atoms with van der Waals surface area (Å²) >= 11 is 1.47. The molecule has 2 aromatic rings. The molecule has 1 atom stereocenters. The maximum atomic E-state index is 11.3. The second-order valence-electron chi connectivity index (χ2n) is 4.37. The van der Waals surface area contributed by atoms with Gasteiger partial charge in [0.05, 0.1) is 0 Å². The fourth-order valence-electron chi connectivity index (χ4n) is 2.30. The monoisotopic (exact) mass is 263 g/mol. The van der Waals surface area contributed by atoms with Crippen molar-refractivity contribution in [3.05, 3.63) is 18.3 Å². The maximum Gasteiger partial charge on any atom is 0.326 e. The highest BCUT2D eigenvalue weighted by Gasteiger charge is 2.30. The van der Waals surface area contributed by atoms with E-state index in [9.17, 15) is 9.90 Å². The minimum atomic E-state index is -0.762. The van der Waals surface area contributed by atoms with Crippen LogP contribution in [-0.2, 0) is 4.79 Å². The second kappa shape index (κ2) is 4.53. The number of pyridine rings is 1. The van der Waals surface area contributed by atoms with Crippen molar-refractivity contribution in [2.75, 3.05) is 11.4 Å². The molecule has 1 N–H and O–H groups in total. The number of piperidine rings is 1. The molecule has 0 aromatic carbocycles. The summed E-state index contributed by atoms with van der Waals surface area (Å²) in [6.07, 6.45) is 4.41. The lowest BCUT2D eigenvalue weighted by molar-refractivity contribution is -0.139. The van der Waals surface area contributed by atoms with Crippen molar-refractivity contribution >= 4 is 32.8 Å². The molecular formula is C12H13N3O2S. The highest BCUT2D eigenvalue weighted by atomic mass is 32.1. The van der Waals surface area contributed by atoms with Crippen LogP contribution in [-0.4, -0.2) is 33.6 Å². The van der Waals surface area contributed by atoms with Crippen molar-refractivity contribution in [1.82, 2.24) is 9.97 Å². The topological polar surface area (TPSA) is 66.3 Å². The number of aromatic nitrogens is 2. The molecule has 1 fully saturated rings. The van der Waals surface area contributed by atoms with Gasteiger partial charge < -0.3 is 10.0 Å². The highest BCUT2D eigenvalue weighted by molar-refractivity contribution is 7.21. The molecule has 0 radical (unpaired) electrons. The van der Waals surface area contributed by atoms with Crippen LogP contribution in [0.2, 0.25) is 0 Å². The Morgan fingerprint density at radius 1 is 1.50 bits per heavy atom. The van der Waals surface area contributed by atoms with Gasteiger partial charge in [0.15, 0.2) is 5.13 Å². The van der Waals surface area contributed by atoms with Crippen LogP contribution in [0.3, 0.4) is 0 Å². The molecule has 0 unspecified atom stereocenters. The number of rotatable bonds is 2. The molecule has 0 bridgehead atoms. The molecule has 0 amide bonds. The summed E-state index contributed by atoms with van der Waals surface area (Å²) in [5, 5.41) is 10.0. The predicted molar refractivity (Wildman–Crippen MR) is 70.0 cm³/mol. The largest absolute Gasteiger partial charge is 0.480 e. The zero-order chi connectivity index (χ0) is 12.5. The molecule has 1 aliphatic heterocycles. The van der Waals surface area contributed by atoms with Gasteiger partial charge in [0.25, 0.3) is 0 Å². The van der Waals surface area contributed by atoms with E-state index in [0.29, 0.717) is 6.42 Å². The lowest BCUT2D eigenvalue weighted by Gasteiger charge is -2.32. The number of anilines is 1. The quantitative estimate of drug-likeness (QED) is 0.899. The van der Waals surface area contributed by atoms with Crippen LogP contribution in [0, 0.1) is 0 Å². The molecule has 6 heteroatoms. The van der Waals surface area contributed by atoms with Crippen LogP contribution in [0.1, 0.15) is 19.3 Å². The van der Waals surface area contributed by atoms with Crippen molar-refractivity contribution in [3.63, 3.8) is 0 Å². The van der Waals surface area contributed by atoms with Gasteiger partial charge in [0.1, 0.15) is 16.4 Å². The van der Waals surface area contributed by atoms with Gasteiger partial charge in [-0.15, -0.1) is 0 Å². The van der Waals surface area contributed by atoms with Gasteiger partial charge >= 0.3 is 5.97 Å². The first-order chi connectivity index (χ1) is 8.75. The van der Waals surface area contributed by atoms with Crippen molar-refractivity contribution in [2.24, 2.45) is 0 Å². The van der Waals surface area contributed by atoms with E-state index in [2.05, 4.69) is 9.97 Å². The number of hydrogen-bond acceptors (Lipinski definition) is 5. The van der Waals surface area contributed by atoms with Gasteiger partial charge in [-0.05, 0) is 31.4 Å². The number of carboxylic acids is 1. The third-order valence-electron chi connectivity index (χ3n) is 3.19. The number of carbonyl (C=O) groups is 1. The van der Waals surface area contributed by atoms with Crippen LogP contribution in [0.25, 0.3) is 10.3 Å². The zero-order valence-electron chi connectivity index (χ0n) is 9.74. The van der Waals surface area contributed by atoms with Crippen LogP contribution in [0.4, 0.5) is 5.13 Å². The minimum Gasteiger partial charge on any atom is -0.480 e. The molecule has 0 spiro atoms. The minimum absolute atomic E-state index is 0.445. The second-order valence-corrected chi connectivity index (χ2v) is 5.32. The lowest BCUT2D eigenvalue weighted by Crippen LogP contribution is -2.44. The van der Waals surface area contributed by atoms with Gasteiger partial charge in [-0.25, -0.2) is 14.8 Å². The third-order valence-corrected chi connectivity index (χ3v) is 4.20. The Bertz CT molecular complexity index is 550. The number of aliphatic carboxylic acids is 1. The first-order valence-electron chi connectivity index (χ1n) is 5.97. The van der Waals surface area contributed by atoms with E-state index in [4.69, 9.17) is 0 Å². The fourth-order valence-corrected chi connectivity index (χ4v) is 3.28. The molecule has 94 valence electrons. The van der Waals surface area contributed by atoms with Crippen LogP contribution >= 0.6 is 11.3 Å². The summed E-state index contributed by atoms with van der Waals surface area (Å²) in [6, 6.07) is 3.30. The predicted octanol–water partition coefficient (Wildman–Crippen LogP) is 2.13. The van der Waals surface area contributed by atoms with Crippen LogP contribution < -0.4 is 4.90 Å². The molecule has 3 heterocycles. The summed E-state index contributed by atoms with van der Waals surface area (Å²) in [6.45, 7) is 0.761. The first-order valence-corrected chi connectivity index (χ1v) is 6.78. The summed E-state index contributed by atoms with van der Waals surface area (Å²) in [4.78, 5) is 22.8. The number of nitrogens with zero attached hydrogens (tertiary/aromatic N) is 3. The Kier molecular flexibility index (Phi) is 2.87. The van der Waals surface area contributed by atoms with Gasteiger partial charge in [0.2, 0.25) is 0 Å².